The Labute approximate surface area is 118 Å². The van der Waals surface area contributed by atoms with Crippen LogP contribution in [0.1, 0.15) is 17.3 Å². The highest BCUT2D eigenvalue weighted by atomic mass is 19.1. The third-order valence-corrected chi connectivity index (χ3v) is 3.13. The first kappa shape index (κ1) is 14.1. The van der Waals surface area contributed by atoms with Crippen molar-refractivity contribution in [1.29, 1.82) is 0 Å². The number of hydrogen-bond donors (Lipinski definition) is 1. The van der Waals surface area contributed by atoms with Crippen molar-refractivity contribution in [2.45, 2.75) is 6.92 Å². The smallest absolute Gasteiger partial charge is 0.260 e. The van der Waals surface area contributed by atoms with Crippen LogP contribution in [0.15, 0.2) is 48.5 Å². The molecule has 0 aliphatic rings. The molecule has 0 heterocycles. The zero-order valence-electron chi connectivity index (χ0n) is 11.6. The topological polar surface area (TPSA) is 32.3 Å². The van der Waals surface area contributed by atoms with E-state index < -0.39 is 5.82 Å². The van der Waals surface area contributed by atoms with Gasteiger partial charge in [0.2, 0.25) is 0 Å². The Morgan fingerprint density at radius 3 is 2.45 bits per heavy atom. The fourth-order valence-electron chi connectivity index (χ4n) is 2.13. The fraction of sp³-hybridized carbons (Fsp3) is 0.188. The van der Waals surface area contributed by atoms with Gasteiger partial charge >= 0.3 is 0 Å². The zero-order chi connectivity index (χ0) is 14.5. The van der Waals surface area contributed by atoms with E-state index in [1.54, 1.807) is 37.4 Å². The Balaban J connectivity index is 2.42. The minimum absolute atomic E-state index is 0.220. The SMILES string of the molecule is CCN(C(=O)c1ccccc1NC)c1ccccc1F. The van der Waals surface area contributed by atoms with E-state index in [2.05, 4.69) is 5.32 Å². The van der Waals surface area contributed by atoms with Crippen LogP contribution >= 0.6 is 0 Å². The molecule has 0 aliphatic carbocycles. The number of hydrogen-bond acceptors (Lipinski definition) is 2. The number of carbonyl (C=O) groups excluding carboxylic acids is 1. The fourth-order valence-corrected chi connectivity index (χ4v) is 2.13. The van der Waals surface area contributed by atoms with Gasteiger partial charge in [-0.05, 0) is 31.2 Å². The molecule has 104 valence electrons. The number of nitrogens with zero attached hydrogens (tertiary/aromatic N) is 1. The van der Waals surface area contributed by atoms with E-state index in [-0.39, 0.29) is 5.91 Å². The van der Waals surface area contributed by atoms with E-state index in [1.807, 2.05) is 19.1 Å². The molecule has 0 atom stereocenters. The summed E-state index contributed by atoms with van der Waals surface area (Å²) in [5, 5.41) is 2.98. The molecule has 2 aromatic rings. The lowest BCUT2D eigenvalue weighted by Crippen LogP contribution is -2.31. The van der Waals surface area contributed by atoms with Crippen LogP contribution in [0.25, 0.3) is 0 Å². The molecule has 1 amide bonds. The van der Waals surface area contributed by atoms with Crippen molar-refractivity contribution in [3.63, 3.8) is 0 Å². The van der Waals surface area contributed by atoms with Gasteiger partial charge < -0.3 is 10.2 Å². The first-order valence-corrected chi connectivity index (χ1v) is 6.52. The lowest BCUT2D eigenvalue weighted by Gasteiger charge is -2.22. The number of benzene rings is 2. The van der Waals surface area contributed by atoms with Gasteiger partial charge in [-0.3, -0.25) is 4.79 Å². The molecular weight excluding hydrogens is 255 g/mol. The minimum atomic E-state index is -0.398. The molecule has 0 fully saturated rings. The van der Waals surface area contributed by atoms with Crippen molar-refractivity contribution in [2.75, 3.05) is 23.8 Å². The summed E-state index contributed by atoms with van der Waals surface area (Å²) in [5.74, 6) is -0.618. The van der Waals surface area contributed by atoms with Crippen molar-refractivity contribution < 1.29 is 9.18 Å². The second kappa shape index (κ2) is 6.19. The van der Waals surface area contributed by atoms with Crippen LogP contribution in [0.3, 0.4) is 0 Å². The first-order valence-electron chi connectivity index (χ1n) is 6.52. The number of rotatable bonds is 4. The molecule has 3 nitrogen and oxygen atoms in total. The Bertz CT molecular complexity index is 613. The number of nitrogens with one attached hydrogen (secondary N) is 1. The van der Waals surface area contributed by atoms with Gasteiger partial charge in [-0.25, -0.2) is 4.39 Å². The molecular formula is C16H17FN2O. The lowest BCUT2D eigenvalue weighted by atomic mass is 10.1. The van der Waals surface area contributed by atoms with Crippen LogP contribution in [0.2, 0.25) is 0 Å². The van der Waals surface area contributed by atoms with E-state index in [0.717, 1.165) is 5.69 Å². The number of anilines is 2. The maximum atomic E-state index is 13.9. The molecule has 4 heteroatoms. The summed E-state index contributed by atoms with van der Waals surface area (Å²) < 4.78 is 13.9. The van der Waals surface area contributed by atoms with E-state index in [1.165, 1.54) is 11.0 Å². The Hall–Kier alpha value is -2.36. The molecule has 0 saturated heterocycles. The highest BCUT2D eigenvalue weighted by Gasteiger charge is 2.20. The van der Waals surface area contributed by atoms with Gasteiger partial charge in [-0.2, -0.15) is 0 Å². The van der Waals surface area contributed by atoms with Gasteiger partial charge in [0.25, 0.3) is 5.91 Å². The Morgan fingerprint density at radius 1 is 1.15 bits per heavy atom. The molecule has 0 aromatic heterocycles. The number of para-hydroxylation sites is 2. The summed E-state index contributed by atoms with van der Waals surface area (Å²) in [6, 6.07) is 13.5. The maximum absolute atomic E-state index is 13.9. The van der Waals surface area contributed by atoms with Crippen molar-refractivity contribution in [2.24, 2.45) is 0 Å². The molecule has 0 unspecified atom stereocenters. The van der Waals surface area contributed by atoms with Gasteiger partial charge in [0.1, 0.15) is 5.82 Å². The van der Waals surface area contributed by atoms with Crippen LogP contribution in [0, 0.1) is 5.82 Å². The molecule has 1 N–H and O–H groups in total. The number of halogens is 1. The van der Waals surface area contributed by atoms with Crippen molar-refractivity contribution >= 4 is 17.3 Å². The van der Waals surface area contributed by atoms with Crippen molar-refractivity contribution in [3.8, 4) is 0 Å². The van der Waals surface area contributed by atoms with E-state index in [4.69, 9.17) is 0 Å². The molecule has 2 aromatic carbocycles. The summed E-state index contributed by atoms with van der Waals surface area (Å²) in [4.78, 5) is 14.1. The lowest BCUT2D eigenvalue weighted by molar-refractivity contribution is 0.0988. The molecule has 0 spiro atoms. The normalized spacial score (nSPS) is 10.2. The average Bonchev–Trinajstić information content (AvgIpc) is 2.49. The maximum Gasteiger partial charge on any atom is 0.260 e. The monoisotopic (exact) mass is 272 g/mol. The summed E-state index contributed by atoms with van der Waals surface area (Å²) >= 11 is 0. The number of carbonyl (C=O) groups is 1. The van der Waals surface area contributed by atoms with Gasteiger partial charge in [-0.15, -0.1) is 0 Å². The van der Waals surface area contributed by atoms with E-state index in [9.17, 15) is 9.18 Å². The predicted molar refractivity (Wildman–Crippen MR) is 79.7 cm³/mol. The van der Waals surface area contributed by atoms with Gasteiger partial charge in [0.05, 0.1) is 11.3 Å². The summed E-state index contributed by atoms with van der Waals surface area (Å²) in [7, 11) is 1.76. The van der Waals surface area contributed by atoms with Crippen LogP contribution in [-0.2, 0) is 0 Å². The Morgan fingerprint density at radius 2 is 1.80 bits per heavy atom. The quantitative estimate of drug-likeness (QED) is 0.923. The van der Waals surface area contributed by atoms with Crippen molar-refractivity contribution in [3.05, 3.63) is 59.9 Å². The average molecular weight is 272 g/mol. The molecule has 0 saturated carbocycles. The van der Waals surface area contributed by atoms with Crippen LogP contribution in [0.5, 0.6) is 0 Å². The third-order valence-electron chi connectivity index (χ3n) is 3.13. The van der Waals surface area contributed by atoms with Gasteiger partial charge in [-0.1, -0.05) is 24.3 Å². The summed E-state index contributed by atoms with van der Waals surface area (Å²) in [5.41, 5.74) is 1.55. The van der Waals surface area contributed by atoms with Gasteiger partial charge in [0.15, 0.2) is 0 Å². The molecule has 0 radical (unpaired) electrons. The second-order valence-electron chi connectivity index (χ2n) is 4.30. The predicted octanol–water partition coefficient (Wildman–Crippen LogP) is 3.53. The minimum Gasteiger partial charge on any atom is -0.387 e. The standard InChI is InChI=1S/C16H17FN2O/c1-3-19(15-11-7-5-9-13(15)17)16(20)12-8-4-6-10-14(12)18-2/h4-11,18H,3H2,1-2H3. The summed E-state index contributed by atoms with van der Waals surface area (Å²) in [6.45, 7) is 2.23. The van der Waals surface area contributed by atoms with Crippen LogP contribution in [-0.4, -0.2) is 19.5 Å². The van der Waals surface area contributed by atoms with E-state index >= 15 is 0 Å². The summed E-state index contributed by atoms with van der Waals surface area (Å²) in [6.07, 6.45) is 0. The largest absolute Gasteiger partial charge is 0.387 e. The zero-order valence-corrected chi connectivity index (χ0v) is 11.6. The molecule has 2 rings (SSSR count). The third kappa shape index (κ3) is 2.64. The molecule has 0 bridgehead atoms. The highest BCUT2D eigenvalue weighted by molar-refractivity contribution is 6.09. The first-order chi connectivity index (χ1) is 9.69. The Kier molecular flexibility index (Phi) is 4.35. The molecule has 20 heavy (non-hydrogen) atoms. The second-order valence-corrected chi connectivity index (χ2v) is 4.30. The van der Waals surface area contributed by atoms with E-state index in [0.29, 0.717) is 17.8 Å². The highest BCUT2D eigenvalue weighted by Crippen LogP contribution is 2.23. The van der Waals surface area contributed by atoms with Crippen LogP contribution < -0.4 is 10.2 Å². The van der Waals surface area contributed by atoms with Crippen molar-refractivity contribution in [1.82, 2.24) is 0 Å². The van der Waals surface area contributed by atoms with Crippen LogP contribution in [0.4, 0.5) is 15.8 Å². The molecule has 0 aliphatic heterocycles. The number of amides is 1. The van der Waals surface area contributed by atoms with Gasteiger partial charge in [0, 0.05) is 19.3 Å².